The number of nitrogens with zero attached hydrogens (tertiary/aromatic N) is 1. The van der Waals surface area contributed by atoms with E-state index in [9.17, 15) is 9.18 Å². The van der Waals surface area contributed by atoms with Gasteiger partial charge in [0.15, 0.2) is 0 Å². The van der Waals surface area contributed by atoms with E-state index in [1.807, 2.05) is 25.7 Å². The molecule has 4 heteroatoms. The number of hydrogen-bond donors (Lipinski definition) is 1. The van der Waals surface area contributed by atoms with Crippen LogP contribution in [0.4, 0.5) is 4.39 Å². The molecule has 2 N–H and O–H groups in total. The Morgan fingerprint density at radius 2 is 1.90 bits per heavy atom. The van der Waals surface area contributed by atoms with E-state index in [1.165, 1.54) is 12.1 Å². The monoisotopic (exact) mass is 278 g/mol. The number of rotatable bonds is 4. The maximum absolute atomic E-state index is 12.9. The van der Waals surface area contributed by atoms with Gasteiger partial charge in [0, 0.05) is 12.6 Å². The average Bonchev–Trinajstić information content (AvgIpc) is 3.19. The van der Waals surface area contributed by atoms with Crippen LogP contribution in [0.2, 0.25) is 0 Å². The van der Waals surface area contributed by atoms with Crippen molar-refractivity contribution in [2.24, 2.45) is 11.1 Å². The predicted molar refractivity (Wildman–Crippen MR) is 77.4 cm³/mol. The highest BCUT2D eigenvalue weighted by molar-refractivity contribution is 5.83. The van der Waals surface area contributed by atoms with Crippen LogP contribution in [0.5, 0.6) is 0 Å². The summed E-state index contributed by atoms with van der Waals surface area (Å²) in [5, 5.41) is 0. The fourth-order valence-electron chi connectivity index (χ4n) is 2.11. The predicted octanol–water partition coefficient (Wildman–Crippen LogP) is 2.69. The summed E-state index contributed by atoms with van der Waals surface area (Å²) in [7, 11) is 0. The zero-order valence-corrected chi connectivity index (χ0v) is 12.4. The molecule has 0 aromatic heterocycles. The molecule has 0 spiro atoms. The Morgan fingerprint density at radius 1 is 1.35 bits per heavy atom. The number of hydrogen-bond acceptors (Lipinski definition) is 2. The molecule has 20 heavy (non-hydrogen) atoms. The van der Waals surface area contributed by atoms with Gasteiger partial charge in [-0.15, -0.1) is 0 Å². The minimum atomic E-state index is -0.511. The molecule has 0 aliphatic heterocycles. The van der Waals surface area contributed by atoms with E-state index < -0.39 is 6.04 Å². The third-order valence-corrected chi connectivity index (χ3v) is 3.74. The summed E-state index contributed by atoms with van der Waals surface area (Å²) in [5.74, 6) is -0.270. The standard InChI is InChI=1S/C16H23FN2O/c1-16(2,3)14(18)15(20)19(13-8-9-13)10-11-4-6-12(17)7-5-11/h4-7,13-14H,8-10,18H2,1-3H3/t14-/m0/s1. The van der Waals surface area contributed by atoms with Crippen molar-refractivity contribution in [1.29, 1.82) is 0 Å². The molecule has 3 nitrogen and oxygen atoms in total. The molecule has 0 bridgehead atoms. The van der Waals surface area contributed by atoms with Gasteiger partial charge in [0.25, 0.3) is 0 Å². The molecule has 0 saturated heterocycles. The van der Waals surface area contributed by atoms with Gasteiger partial charge in [-0.25, -0.2) is 4.39 Å². The van der Waals surface area contributed by atoms with E-state index in [0.29, 0.717) is 12.6 Å². The van der Waals surface area contributed by atoms with Gasteiger partial charge in [-0.05, 0) is 36.0 Å². The van der Waals surface area contributed by atoms with Gasteiger partial charge in [-0.1, -0.05) is 32.9 Å². The van der Waals surface area contributed by atoms with E-state index in [4.69, 9.17) is 5.73 Å². The van der Waals surface area contributed by atoms with E-state index in [1.54, 1.807) is 12.1 Å². The topological polar surface area (TPSA) is 46.3 Å². The number of halogens is 1. The van der Waals surface area contributed by atoms with Crippen LogP contribution in [0.15, 0.2) is 24.3 Å². The third-order valence-electron chi connectivity index (χ3n) is 3.74. The number of carbonyl (C=O) groups is 1. The molecule has 1 atom stereocenters. The Balaban J connectivity index is 2.11. The first kappa shape index (κ1) is 15.0. The summed E-state index contributed by atoms with van der Waals surface area (Å²) < 4.78 is 12.9. The van der Waals surface area contributed by atoms with Crippen molar-refractivity contribution in [3.63, 3.8) is 0 Å². The molecule has 1 aromatic carbocycles. The SMILES string of the molecule is CC(C)(C)[C@@H](N)C(=O)N(Cc1ccc(F)cc1)C1CC1. The summed E-state index contributed by atoms with van der Waals surface area (Å²) in [4.78, 5) is 14.4. The summed E-state index contributed by atoms with van der Waals surface area (Å²) in [6.45, 7) is 6.42. The van der Waals surface area contributed by atoms with E-state index in [-0.39, 0.29) is 17.1 Å². The van der Waals surface area contributed by atoms with Crippen LogP contribution >= 0.6 is 0 Å². The molecule has 0 unspecified atom stereocenters. The van der Waals surface area contributed by atoms with Crippen LogP contribution < -0.4 is 5.73 Å². The van der Waals surface area contributed by atoms with Crippen LogP contribution in [-0.4, -0.2) is 22.9 Å². The fourth-order valence-corrected chi connectivity index (χ4v) is 2.11. The van der Waals surface area contributed by atoms with Crippen LogP contribution in [0.3, 0.4) is 0 Å². The molecule has 1 amide bonds. The summed E-state index contributed by atoms with van der Waals surface area (Å²) in [5.41, 5.74) is 6.77. The Morgan fingerprint density at radius 3 is 2.35 bits per heavy atom. The van der Waals surface area contributed by atoms with Gasteiger partial charge in [0.1, 0.15) is 5.82 Å². The second-order valence-electron chi connectivity index (χ2n) is 6.67. The summed E-state index contributed by atoms with van der Waals surface area (Å²) in [6.07, 6.45) is 2.06. The molecule has 1 aliphatic rings. The first-order chi connectivity index (χ1) is 9.29. The highest BCUT2D eigenvalue weighted by Gasteiger charge is 2.38. The van der Waals surface area contributed by atoms with Crippen molar-refractivity contribution >= 4 is 5.91 Å². The number of carbonyl (C=O) groups excluding carboxylic acids is 1. The largest absolute Gasteiger partial charge is 0.334 e. The maximum Gasteiger partial charge on any atom is 0.240 e. The molecule has 1 fully saturated rings. The first-order valence-electron chi connectivity index (χ1n) is 7.09. The second-order valence-corrected chi connectivity index (χ2v) is 6.67. The lowest BCUT2D eigenvalue weighted by molar-refractivity contribution is -0.136. The second kappa shape index (κ2) is 5.52. The van der Waals surface area contributed by atoms with Gasteiger partial charge in [0.05, 0.1) is 6.04 Å². The average molecular weight is 278 g/mol. The molecular formula is C16H23FN2O. The number of amides is 1. The Kier molecular flexibility index (Phi) is 4.14. The van der Waals surface area contributed by atoms with Crippen molar-refractivity contribution < 1.29 is 9.18 Å². The first-order valence-corrected chi connectivity index (χ1v) is 7.09. The van der Waals surface area contributed by atoms with Gasteiger partial charge in [0.2, 0.25) is 5.91 Å². The van der Waals surface area contributed by atoms with Crippen molar-refractivity contribution in [3.8, 4) is 0 Å². The lowest BCUT2D eigenvalue weighted by Crippen LogP contribution is -2.50. The zero-order chi connectivity index (χ0) is 14.9. The third kappa shape index (κ3) is 3.57. The highest BCUT2D eigenvalue weighted by atomic mass is 19.1. The molecule has 1 aliphatic carbocycles. The van der Waals surface area contributed by atoms with Crippen molar-refractivity contribution in [3.05, 3.63) is 35.6 Å². The van der Waals surface area contributed by atoms with Gasteiger partial charge >= 0.3 is 0 Å². The zero-order valence-electron chi connectivity index (χ0n) is 12.4. The van der Waals surface area contributed by atoms with E-state index in [2.05, 4.69) is 0 Å². The molecule has 110 valence electrons. The van der Waals surface area contributed by atoms with Crippen molar-refractivity contribution in [1.82, 2.24) is 4.90 Å². The molecular weight excluding hydrogens is 255 g/mol. The van der Waals surface area contributed by atoms with Crippen molar-refractivity contribution in [2.75, 3.05) is 0 Å². The van der Waals surface area contributed by atoms with Crippen molar-refractivity contribution in [2.45, 2.75) is 52.2 Å². The normalized spacial score (nSPS) is 16.9. The summed E-state index contributed by atoms with van der Waals surface area (Å²) >= 11 is 0. The minimum Gasteiger partial charge on any atom is -0.334 e. The number of nitrogens with two attached hydrogens (primary N) is 1. The fraction of sp³-hybridized carbons (Fsp3) is 0.562. The van der Waals surface area contributed by atoms with Gasteiger partial charge in [-0.2, -0.15) is 0 Å². The molecule has 1 aromatic rings. The minimum absolute atomic E-state index is 0.00988. The molecule has 0 radical (unpaired) electrons. The summed E-state index contributed by atoms with van der Waals surface area (Å²) in [6, 6.07) is 6.08. The Hall–Kier alpha value is -1.42. The van der Waals surface area contributed by atoms with E-state index in [0.717, 1.165) is 18.4 Å². The molecule has 2 rings (SSSR count). The number of benzene rings is 1. The Labute approximate surface area is 120 Å². The smallest absolute Gasteiger partial charge is 0.240 e. The lowest BCUT2D eigenvalue weighted by atomic mass is 9.86. The maximum atomic E-state index is 12.9. The molecule has 1 saturated carbocycles. The highest BCUT2D eigenvalue weighted by Crippen LogP contribution is 2.31. The van der Waals surface area contributed by atoms with E-state index >= 15 is 0 Å². The quantitative estimate of drug-likeness (QED) is 0.920. The van der Waals surface area contributed by atoms with Crippen LogP contribution in [-0.2, 0) is 11.3 Å². The lowest BCUT2D eigenvalue weighted by Gasteiger charge is -2.32. The Bertz CT molecular complexity index is 474. The molecule has 0 heterocycles. The van der Waals surface area contributed by atoms with Crippen LogP contribution in [0, 0.1) is 11.2 Å². The van der Waals surface area contributed by atoms with Gasteiger partial charge in [-0.3, -0.25) is 4.79 Å². The van der Waals surface area contributed by atoms with Gasteiger partial charge < -0.3 is 10.6 Å². The van der Waals surface area contributed by atoms with Crippen LogP contribution in [0.1, 0.15) is 39.2 Å². The van der Waals surface area contributed by atoms with Crippen LogP contribution in [0.25, 0.3) is 0 Å².